The highest BCUT2D eigenvalue weighted by Gasteiger charge is 2.22. The zero-order valence-corrected chi connectivity index (χ0v) is 12.5. The van der Waals surface area contributed by atoms with Gasteiger partial charge in [-0.3, -0.25) is 4.90 Å². The molecule has 0 aliphatic carbocycles. The molecule has 0 bridgehead atoms. The highest BCUT2D eigenvalue weighted by Crippen LogP contribution is 2.30. The van der Waals surface area contributed by atoms with E-state index in [0.29, 0.717) is 0 Å². The molecular weight excluding hydrogens is 266 g/mol. The fraction of sp³-hybridized carbons (Fsp3) is 0.412. The van der Waals surface area contributed by atoms with Crippen LogP contribution in [0.3, 0.4) is 0 Å². The Morgan fingerprint density at radius 3 is 2.95 bits per heavy atom. The van der Waals surface area contributed by atoms with Crippen LogP contribution >= 0.6 is 0 Å². The number of fused-ring (bicyclic) bond motifs is 1. The lowest BCUT2D eigenvalue weighted by molar-refractivity contribution is 0.139. The number of hydrogen-bond acceptors (Lipinski definition) is 4. The predicted octanol–water partition coefficient (Wildman–Crippen LogP) is 3.46. The Morgan fingerprint density at radius 1 is 1.33 bits per heavy atom. The van der Waals surface area contributed by atoms with Gasteiger partial charge >= 0.3 is 0 Å². The third kappa shape index (κ3) is 3.22. The molecule has 4 nitrogen and oxygen atoms in total. The van der Waals surface area contributed by atoms with Crippen LogP contribution in [0.2, 0.25) is 0 Å². The molecule has 0 radical (unpaired) electrons. The van der Waals surface area contributed by atoms with Crippen LogP contribution in [-0.4, -0.2) is 24.7 Å². The number of hydrogen-bond donors (Lipinski definition) is 0. The van der Waals surface area contributed by atoms with Crippen molar-refractivity contribution in [1.29, 1.82) is 0 Å². The van der Waals surface area contributed by atoms with Crippen LogP contribution < -0.4 is 9.47 Å². The lowest BCUT2D eigenvalue weighted by atomic mass is 10.1. The molecule has 0 fully saturated rings. The van der Waals surface area contributed by atoms with Gasteiger partial charge in [0.05, 0.1) is 19.6 Å². The zero-order chi connectivity index (χ0) is 14.7. The van der Waals surface area contributed by atoms with Gasteiger partial charge in [0.2, 0.25) is 0 Å². The van der Waals surface area contributed by atoms with Crippen molar-refractivity contribution in [2.24, 2.45) is 0 Å². The summed E-state index contributed by atoms with van der Waals surface area (Å²) in [6, 6.07) is 8.05. The number of ether oxygens (including phenoxy) is 2. The van der Waals surface area contributed by atoms with Gasteiger partial charge < -0.3 is 13.9 Å². The molecule has 0 N–H and O–H groups in total. The van der Waals surface area contributed by atoms with E-state index in [0.717, 1.165) is 37.6 Å². The highest BCUT2D eigenvalue weighted by molar-refractivity contribution is 5.41. The lowest BCUT2D eigenvalue weighted by Crippen LogP contribution is -2.31. The Balaban J connectivity index is 1.85. The summed E-state index contributed by atoms with van der Waals surface area (Å²) in [6.45, 7) is 4.80. The molecule has 1 aliphatic heterocycles. The van der Waals surface area contributed by atoms with Crippen LogP contribution in [0.5, 0.6) is 11.5 Å². The van der Waals surface area contributed by atoms with E-state index in [4.69, 9.17) is 13.9 Å². The van der Waals surface area contributed by atoms with E-state index >= 15 is 0 Å². The van der Waals surface area contributed by atoms with Gasteiger partial charge in [0.1, 0.15) is 17.6 Å². The largest absolute Gasteiger partial charge is 0.497 e. The Labute approximate surface area is 125 Å². The van der Waals surface area contributed by atoms with Gasteiger partial charge in [-0.15, -0.1) is 0 Å². The molecule has 1 aliphatic rings. The molecule has 2 aromatic rings. The smallest absolute Gasteiger partial charge is 0.124 e. The first-order valence-electron chi connectivity index (χ1n) is 7.35. The fourth-order valence-corrected chi connectivity index (χ4v) is 2.71. The molecule has 2 heterocycles. The van der Waals surface area contributed by atoms with Crippen LogP contribution in [0.25, 0.3) is 0 Å². The van der Waals surface area contributed by atoms with Crippen LogP contribution in [-0.2, 0) is 13.1 Å². The number of benzene rings is 1. The second-order valence-corrected chi connectivity index (χ2v) is 5.42. The van der Waals surface area contributed by atoms with Crippen molar-refractivity contribution in [3.8, 4) is 11.5 Å². The van der Waals surface area contributed by atoms with Gasteiger partial charge in [-0.2, -0.15) is 0 Å². The second kappa shape index (κ2) is 6.22. The Hall–Kier alpha value is -1.94. The molecule has 1 unspecified atom stereocenters. The second-order valence-electron chi connectivity index (χ2n) is 5.42. The molecule has 1 aromatic carbocycles. The maximum Gasteiger partial charge on any atom is 0.124 e. The molecule has 21 heavy (non-hydrogen) atoms. The first-order chi connectivity index (χ1) is 10.3. The standard InChI is InChI=1S/C17H21NO3/c1-3-15-11-18(9-13-6-7-20-12-13)10-14-8-16(19-2)4-5-17(14)21-15/h4-8,12,15H,3,9-11H2,1-2H3. The molecule has 0 saturated heterocycles. The minimum absolute atomic E-state index is 0.214. The van der Waals surface area contributed by atoms with E-state index in [9.17, 15) is 0 Å². The van der Waals surface area contributed by atoms with Crippen molar-refractivity contribution < 1.29 is 13.9 Å². The minimum atomic E-state index is 0.214. The summed E-state index contributed by atoms with van der Waals surface area (Å²) in [4.78, 5) is 2.39. The van der Waals surface area contributed by atoms with Crippen molar-refractivity contribution in [3.05, 3.63) is 47.9 Å². The van der Waals surface area contributed by atoms with Gasteiger partial charge in [0.15, 0.2) is 0 Å². The molecule has 0 amide bonds. The molecule has 1 aromatic heterocycles. The Bertz CT molecular complexity index is 580. The summed E-state index contributed by atoms with van der Waals surface area (Å²) in [5.74, 6) is 1.84. The van der Waals surface area contributed by atoms with Gasteiger partial charge in [-0.25, -0.2) is 0 Å². The molecular formula is C17H21NO3. The number of methoxy groups -OCH3 is 1. The molecule has 0 spiro atoms. The van der Waals surface area contributed by atoms with Crippen LogP contribution in [0, 0.1) is 0 Å². The summed E-state index contributed by atoms with van der Waals surface area (Å²) in [6.07, 6.45) is 4.73. The minimum Gasteiger partial charge on any atom is -0.497 e. The number of rotatable bonds is 4. The molecule has 0 saturated carbocycles. The molecule has 1 atom stereocenters. The van der Waals surface area contributed by atoms with E-state index in [1.165, 1.54) is 11.1 Å². The van der Waals surface area contributed by atoms with Crippen molar-refractivity contribution >= 4 is 0 Å². The quantitative estimate of drug-likeness (QED) is 0.862. The summed E-state index contributed by atoms with van der Waals surface area (Å²) in [5.41, 5.74) is 2.37. The van der Waals surface area contributed by atoms with Crippen LogP contribution in [0.4, 0.5) is 0 Å². The summed E-state index contributed by atoms with van der Waals surface area (Å²) in [7, 11) is 1.69. The fourth-order valence-electron chi connectivity index (χ4n) is 2.71. The monoisotopic (exact) mass is 287 g/mol. The van der Waals surface area contributed by atoms with E-state index in [1.807, 2.05) is 18.2 Å². The van der Waals surface area contributed by atoms with E-state index in [2.05, 4.69) is 17.9 Å². The first-order valence-corrected chi connectivity index (χ1v) is 7.35. The maximum absolute atomic E-state index is 6.13. The normalized spacial score (nSPS) is 18.7. The molecule has 4 heteroatoms. The van der Waals surface area contributed by atoms with Crippen LogP contribution in [0.15, 0.2) is 41.2 Å². The summed E-state index contributed by atoms with van der Waals surface area (Å²) < 4.78 is 16.6. The number of nitrogens with zero attached hydrogens (tertiary/aromatic N) is 1. The van der Waals surface area contributed by atoms with Crippen molar-refractivity contribution in [2.75, 3.05) is 13.7 Å². The third-order valence-electron chi connectivity index (χ3n) is 3.86. The van der Waals surface area contributed by atoms with E-state index in [-0.39, 0.29) is 6.10 Å². The summed E-state index contributed by atoms with van der Waals surface area (Å²) in [5, 5.41) is 0. The average Bonchev–Trinajstić information content (AvgIpc) is 2.93. The Kier molecular flexibility index (Phi) is 4.15. The maximum atomic E-state index is 6.13. The van der Waals surface area contributed by atoms with E-state index in [1.54, 1.807) is 19.6 Å². The molecule has 3 rings (SSSR count). The molecule has 112 valence electrons. The van der Waals surface area contributed by atoms with Crippen molar-refractivity contribution in [3.63, 3.8) is 0 Å². The predicted molar refractivity (Wildman–Crippen MR) is 80.5 cm³/mol. The van der Waals surface area contributed by atoms with Gasteiger partial charge in [-0.1, -0.05) is 6.92 Å². The SMILES string of the molecule is CCC1CN(Cc2ccoc2)Cc2cc(OC)ccc2O1. The van der Waals surface area contributed by atoms with Crippen LogP contribution in [0.1, 0.15) is 24.5 Å². The average molecular weight is 287 g/mol. The number of furan rings is 1. The van der Waals surface area contributed by atoms with Crippen molar-refractivity contribution in [1.82, 2.24) is 4.90 Å². The zero-order valence-electron chi connectivity index (χ0n) is 12.5. The summed E-state index contributed by atoms with van der Waals surface area (Å²) >= 11 is 0. The van der Waals surface area contributed by atoms with Gasteiger partial charge in [0, 0.05) is 30.8 Å². The van der Waals surface area contributed by atoms with Crippen molar-refractivity contribution in [2.45, 2.75) is 32.5 Å². The van der Waals surface area contributed by atoms with Gasteiger partial charge in [-0.05, 0) is 30.7 Å². The van der Waals surface area contributed by atoms with Gasteiger partial charge in [0.25, 0.3) is 0 Å². The topological polar surface area (TPSA) is 34.8 Å². The Morgan fingerprint density at radius 2 is 2.24 bits per heavy atom. The highest BCUT2D eigenvalue weighted by atomic mass is 16.5. The first kappa shape index (κ1) is 14.0. The third-order valence-corrected chi connectivity index (χ3v) is 3.86. The lowest BCUT2D eigenvalue weighted by Gasteiger charge is -2.22. The van der Waals surface area contributed by atoms with E-state index < -0.39 is 0 Å².